The maximum Gasteiger partial charge on any atom is 0.244 e. The number of sulfonamides is 1. The number of rotatable bonds is 3. The van der Waals surface area contributed by atoms with Gasteiger partial charge in [-0.25, -0.2) is 8.42 Å². The van der Waals surface area contributed by atoms with Gasteiger partial charge in [-0.15, -0.1) is 12.4 Å². The third-order valence-electron chi connectivity index (χ3n) is 3.27. The van der Waals surface area contributed by atoms with Crippen LogP contribution in [0.3, 0.4) is 0 Å². The van der Waals surface area contributed by atoms with Gasteiger partial charge in [0, 0.05) is 19.6 Å². The Balaban J connectivity index is 0.00000200. The fraction of sp³-hybridized carbons (Fsp3) is 0.417. The minimum Gasteiger partial charge on any atom is -0.315 e. The molecule has 0 amide bonds. The molecular formula is C12H15Cl2N3O2S. The Labute approximate surface area is 130 Å². The van der Waals surface area contributed by atoms with Crippen LogP contribution in [0.25, 0.3) is 0 Å². The molecule has 1 aliphatic heterocycles. The first kappa shape index (κ1) is 17.2. The highest BCUT2D eigenvalue weighted by atomic mass is 35.5. The van der Waals surface area contributed by atoms with Gasteiger partial charge >= 0.3 is 0 Å². The van der Waals surface area contributed by atoms with Crippen LogP contribution in [0.5, 0.6) is 0 Å². The minimum atomic E-state index is -3.63. The van der Waals surface area contributed by atoms with Crippen LogP contribution in [0.1, 0.15) is 12.0 Å². The highest BCUT2D eigenvalue weighted by Gasteiger charge is 2.31. The zero-order valence-corrected chi connectivity index (χ0v) is 13.2. The summed E-state index contributed by atoms with van der Waals surface area (Å²) in [4.78, 5) is 0.0440. The number of likely N-dealkylation sites (N-methyl/N-ethyl adjacent to an activating group) is 1. The van der Waals surface area contributed by atoms with Crippen LogP contribution < -0.4 is 5.32 Å². The zero-order chi connectivity index (χ0) is 14.0. The monoisotopic (exact) mass is 335 g/mol. The van der Waals surface area contributed by atoms with Crippen LogP contribution in [0.2, 0.25) is 5.02 Å². The molecule has 1 aromatic carbocycles. The number of hydrogen-bond donors (Lipinski definition) is 1. The smallest absolute Gasteiger partial charge is 0.244 e. The van der Waals surface area contributed by atoms with Crippen LogP contribution in [0.15, 0.2) is 23.1 Å². The number of hydrogen-bond acceptors (Lipinski definition) is 4. The highest BCUT2D eigenvalue weighted by Crippen LogP contribution is 2.26. The first-order valence-corrected chi connectivity index (χ1v) is 7.67. The van der Waals surface area contributed by atoms with Gasteiger partial charge < -0.3 is 5.32 Å². The fourth-order valence-electron chi connectivity index (χ4n) is 2.08. The summed E-state index contributed by atoms with van der Waals surface area (Å²) in [6.45, 7) is 1.45. The average molecular weight is 336 g/mol. The maximum atomic E-state index is 12.5. The van der Waals surface area contributed by atoms with E-state index in [1.807, 2.05) is 6.07 Å². The van der Waals surface area contributed by atoms with E-state index in [1.54, 1.807) is 7.05 Å². The van der Waals surface area contributed by atoms with E-state index in [4.69, 9.17) is 16.9 Å². The van der Waals surface area contributed by atoms with Crippen molar-refractivity contribution in [1.29, 1.82) is 5.26 Å². The van der Waals surface area contributed by atoms with E-state index < -0.39 is 10.0 Å². The number of nitrogens with zero attached hydrogens (tertiary/aromatic N) is 2. The molecule has 0 radical (unpaired) electrons. The van der Waals surface area contributed by atoms with Gasteiger partial charge in [0.05, 0.1) is 16.7 Å². The lowest BCUT2D eigenvalue weighted by Crippen LogP contribution is -2.38. The molecule has 0 saturated carbocycles. The lowest BCUT2D eigenvalue weighted by atomic mass is 10.2. The molecule has 0 aliphatic carbocycles. The molecule has 1 heterocycles. The van der Waals surface area contributed by atoms with Crippen LogP contribution in [-0.4, -0.2) is 38.9 Å². The fourth-order valence-corrected chi connectivity index (χ4v) is 3.98. The molecule has 0 spiro atoms. The van der Waals surface area contributed by atoms with E-state index in [-0.39, 0.29) is 28.4 Å². The van der Waals surface area contributed by atoms with Crippen molar-refractivity contribution in [3.63, 3.8) is 0 Å². The van der Waals surface area contributed by atoms with Crippen molar-refractivity contribution in [2.75, 3.05) is 20.1 Å². The third-order valence-corrected chi connectivity index (χ3v) is 5.66. The Hall–Kier alpha value is -0.840. The van der Waals surface area contributed by atoms with Crippen molar-refractivity contribution < 1.29 is 8.42 Å². The second kappa shape index (κ2) is 6.74. The standard InChI is InChI=1S/C12H14ClN3O2S.ClH/c1-16(10-4-5-15-8-10)19(17,18)12-3-2-9(7-14)6-11(12)13;/h2-3,6,10,15H,4-5,8H2,1H3;1H. The summed E-state index contributed by atoms with van der Waals surface area (Å²) < 4.78 is 26.3. The van der Waals surface area contributed by atoms with E-state index in [9.17, 15) is 8.42 Å². The molecule has 1 atom stereocenters. The topological polar surface area (TPSA) is 73.2 Å². The van der Waals surface area contributed by atoms with E-state index in [0.717, 1.165) is 13.0 Å². The zero-order valence-electron chi connectivity index (χ0n) is 10.8. The van der Waals surface area contributed by atoms with Crippen molar-refractivity contribution in [1.82, 2.24) is 9.62 Å². The molecule has 1 saturated heterocycles. The Morgan fingerprint density at radius 2 is 2.20 bits per heavy atom. The normalized spacial score (nSPS) is 18.6. The molecule has 110 valence electrons. The molecule has 1 aromatic rings. The summed E-state index contributed by atoms with van der Waals surface area (Å²) in [6.07, 6.45) is 0.781. The molecule has 0 bridgehead atoms. The Kier molecular flexibility index (Phi) is 5.80. The summed E-state index contributed by atoms with van der Waals surface area (Å²) in [5, 5.41) is 12.0. The van der Waals surface area contributed by atoms with Crippen molar-refractivity contribution >= 4 is 34.0 Å². The molecule has 1 fully saturated rings. The quantitative estimate of drug-likeness (QED) is 0.910. The summed E-state index contributed by atoms with van der Waals surface area (Å²) in [7, 11) is -2.07. The van der Waals surface area contributed by atoms with Gasteiger partial charge in [0.25, 0.3) is 0 Å². The van der Waals surface area contributed by atoms with Gasteiger partial charge in [0.1, 0.15) is 4.90 Å². The summed E-state index contributed by atoms with van der Waals surface area (Å²) in [6, 6.07) is 6.08. The van der Waals surface area contributed by atoms with Crippen molar-refractivity contribution in [2.45, 2.75) is 17.4 Å². The van der Waals surface area contributed by atoms with Crippen LogP contribution in [0.4, 0.5) is 0 Å². The van der Waals surface area contributed by atoms with Crippen molar-refractivity contribution in [2.24, 2.45) is 0 Å². The summed E-state index contributed by atoms with van der Waals surface area (Å²) in [5.41, 5.74) is 0.342. The Morgan fingerprint density at radius 3 is 2.70 bits per heavy atom. The molecule has 8 heteroatoms. The molecule has 1 aliphatic rings. The molecule has 2 rings (SSSR count). The van der Waals surface area contributed by atoms with E-state index in [0.29, 0.717) is 12.1 Å². The summed E-state index contributed by atoms with van der Waals surface area (Å²) in [5.74, 6) is 0. The van der Waals surface area contributed by atoms with E-state index in [2.05, 4.69) is 5.32 Å². The first-order chi connectivity index (χ1) is 8.96. The van der Waals surface area contributed by atoms with Crippen molar-refractivity contribution in [3.05, 3.63) is 28.8 Å². The third kappa shape index (κ3) is 3.25. The number of benzene rings is 1. The van der Waals surface area contributed by atoms with E-state index >= 15 is 0 Å². The second-order valence-corrected chi connectivity index (χ2v) is 6.80. The lowest BCUT2D eigenvalue weighted by molar-refractivity contribution is 0.388. The Morgan fingerprint density at radius 1 is 1.50 bits per heavy atom. The first-order valence-electron chi connectivity index (χ1n) is 5.85. The molecule has 1 N–H and O–H groups in total. The van der Waals surface area contributed by atoms with Crippen LogP contribution >= 0.6 is 24.0 Å². The van der Waals surface area contributed by atoms with Gasteiger partial charge in [-0.3, -0.25) is 0 Å². The van der Waals surface area contributed by atoms with E-state index in [1.165, 1.54) is 22.5 Å². The van der Waals surface area contributed by atoms with Crippen molar-refractivity contribution in [3.8, 4) is 6.07 Å². The SMILES string of the molecule is CN(C1CCNC1)S(=O)(=O)c1ccc(C#N)cc1Cl.Cl. The molecule has 1 unspecified atom stereocenters. The molecule has 20 heavy (non-hydrogen) atoms. The average Bonchev–Trinajstić information content (AvgIpc) is 2.90. The highest BCUT2D eigenvalue weighted by molar-refractivity contribution is 7.89. The predicted octanol–water partition coefficient (Wildman–Crippen LogP) is 1.62. The number of nitriles is 1. The second-order valence-electron chi connectivity index (χ2n) is 4.42. The van der Waals surface area contributed by atoms with Gasteiger partial charge in [-0.05, 0) is 31.2 Å². The van der Waals surface area contributed by atoms with Crippen LogP contribution in [0, 0.1) is 11.3 Å². The summed E-state index contributed by atoms with van der Waals surface area (Å²) >= 11 is 5.97. The van der Waals surface area contributed by atoms with Crippen LogP contribution in [-0.2, 0) is 10.0 Å². The van der Waals surface area contributed by atoms with Gasteiger partial charge in [-0.2, -0.15) is 9.57 Å². The molecule has 5 nitrogen and oxygen atoms in total. The van der Waals surface area contributed by atoms with Gasteiger partial charge in [0.2, 0.25) is 10.0 Å². The molecular weight excluding hydrogens is 321 g/mol. The van der Waals surface area contributed by atoms with Gasteiger partial charge in [-0.1, -0.05) is 11.6 Å². The largest absolute Gasteiger partial charge is 0.315 e. The number of nitrogens with one attached hydrogen (secondary N) is 1. The Bertz CT molecular complexity index is 622. The minimum absolute atomic E-state index is 0. The lowest BCUT2D eigenvalue weighted by Gasteiger charge is -2.23. The molecule has 0 aromatic heterocycles. The van der Waals surface area contributed by atoms with Gasteiger partial charge in [0.15, 0.2) is 0 Å². The maximum absolute atomic E-state index is 12.5. The predicted molar refractivity (Wildman–Crippen MR) is 79.6 cm³/mol. The number of halogens is 2.